The van der Waals surface area contributed by atoms with Crippen molar-refractivity contribution < 1.29 is 18.7 Å². The first-order valence-corrected chi connectivity index (χ1v) is 5.93. The fourth-order valence-electron chi connectivity index (χ4n) is 2.41. The summed E-state index contributed by atoms with van der Waals surface area (Å²) in [7, 11) is 0. The van der Waals surface area contributed by atoms with Crippen LogP contribution in [0.4, 0.5) is 13.6 Å². The second-order valence-electron chi connectivity index (χ2n) is 4.59. The van der Waals surface area contributed by atoms with Crippen LogP contribution in [0.15, 0.2) is 24.3 Å². The molecule has 1 amide bonds. The number of benzene rings is 1. The van der Waals surface area contributed by atoms with Crippen molar-refractivity contribution in [2.45, 2.75) is 18.9 Å². The highest BCUT2D eigenvalue weighted by molar-refractivity contribution is 5.66. The number of hydrogen-bond donors (Lipinski definition) is 1. The van der Waals surface area contributed by atoms with E-state index in [2.05, 4.69) is 0 Å². The van der Waals surface area contributed by atoms with E-state index in [0.717, 1.165) is 5.56 Å². The van der Waals surface area contributed by atoms with Crippen molar-refractivity contribution in [3.05, 3.63) is 35.6 Å². The van der Waals surface area contributed by atoms with E-state index in [-0.39, 0.29) is 17.8 Å². The lowest BCUT2D eigenvalue weighted by molar-refractivity contribution is 0.0833. The minimum atomic E-state index is -1.01. The van der Waals surface area contributed by atoms with Crippen LogP contribution in [0, 0.1) is 11.7 Å². The molecule has 98 valence electrons. The van der Waals surface area contributed by atoms with Crippen LogP contribution >= 0.6 is 0 Å². The molecule has 1 aromatic rings. The van der Waals surface area contributed by atoms with E-state index in [1.165, 1.54) is 17.0 Å². The number of nitrogens with zero attached hydrogens (tertiary/aromatic N) is 1. The molecule has 0 bridgehead atoms. The fraction of sp³-hybridized carbons (Fsp3) is 0.462. The maximum atomic E-state index is 12.9. The molecule has 0 aromatic heterocycles. The first-order chi connectivity index (χ1) is 8.61. The Labute approximate surface area is 104 Å². The molecule has 0 spiro atoms. The largest absolute Gasteiger partial charge is 0.465 e. The van der Waals surface area contributed by atoms with Gasteiger partial charge >= 0.3 is 6.09 Å². The zero-order chi connectivity index (χ0) is 13.1. The van der Waals surface area contributed by atoms with Gasteiger partial charge in [0, 0.05) is 6.54 Å². The second-order valence-corrected chi connectivity index (χ2v) is 4.59. The summed E-state index contributed by atoms with van der Waals surface area (Å²) in [6, 6.07) is 5.35. The smallest absolute Gasteiger partial charge is 0.407 e. The number of carboxylic acid groups (broad SMARTS) is 1. The Hall–Kier alpha value is -1.65. The summed E-state index contributed by atoms with van der Waals surface area (Å²) in [5, 5.41) is 9.14. The number of halogens is 2. The first kappa shape index (κ1) is 12.8. The van der Waals surface area contributed by atoms with E-state index in [9.17, 15) is 13.6 Å². The van der Waals surface area contributed by atoms with Crippen LogP contribution in [-0.2, 0) is 0 Å². The summed E-state index contributed by atoms with van der Waals surface area (Å²) < 4.78 is 25.6. The summed E-state index contributed by atoms with van der Waals surface area (Å²) in [6.07, 6.45) is -0.0174. The van der Waals surface area contributed by atoms with Crippen molar-refractivity contribution in [1.29, 1.82) is 0 Å². The minimum absolute atomic E-state index is 0.115. The van der Waals surface area contributed by atoms with Crippen LogP contribution in [0.2, 0.25) is 0 Å². The zero-order valence-electron chi connectivity index (χ0n) is 9.85. The van der Waals surface area contributed by atoms with Gasteiger partial charge in [-0.3, -0.25) is 4.39 Å². The number of amides is 1. The number of rotatable bonds is 2. The van der Waals surface area contributed by atoms with Gasteiger partial charge in [0.05, 0.1) is 12.7 Å². The van der Waals surface area contributed by atoms with Gasteiger partial charge in [0.2, 0.25) is 0 Å². The Morgan fingerprint density at radius 1 is 1.39 bits per heavy atom. The van der Waals surface area contributed by atoms with Gasteiger partial charge in [-0.2, -0.15) is 0 Å². The van der Waals surface area contributed by atoms with E-state index in [1.807, 2.05) is 0 Å². The fourth-order valence-corrected chi connectivity index (χ4v) is 2.41. The van der Waals surface area contributed by atoms with Crippen molar-refractivity contribution in [3.63, 3.8) is 0 Å². The molecule has 2 atom stereocenters. The topological polar surface area (TPSA) is 40.5 Å². The molecule has 1 heterocycles. The molecule has 1 saturated heterocycles. The van der Waals surface area contributed by atoms with Crippen LogP contribution in [0.25, 0.3) is 0 Å². The van der Waals surface area contributed by atoms with Crippen LogP contribution in [0.3, 0.4) is 0 Å². The predicted molar refractivity (Wildman–Crippen MR) is 62.6 cm³/mol. The number of hydrogen-bond acceptors (Lipinski definition) is 1. The highest BCUT2D eigenvalue weighted by atomic mass is 19.1. The highest BCUT2D eigenvalue weighted by Crippen LogP contribution is 2.34. The number of piperidine rings is 1. The third-order valence-electron chi connectivity index (χ3n) is 3.43. The van der Waals surface area contributed by atoms with Crippen LogP contribution in [-0.4, -0.2) is 29.3 Å². The van der Waals surface area contributed by atoms with Gasteiger partial charge in [0.15, 0.2) is 0 Å². The van der Waals surface area contributed by atoms with Crippen molar-refractivity contribution in [3.8, 4) is 0 Å². The van der Waals surface area contributed by atoms with Crippen molar-refractivity contribution in [2.24, 2.45) is 5.92 Å². The monoisotopic (exact) mass is 255 g/mol. The van der Waals surface area contributed by atoms with E-state index in [0.29, 0.717) is 19.4 Å². The minimum Gasteiger partial charge on any atom is -0.465 e. The average Bonchev–Trinajstić information content (AvgIpc) is 2.38. The molecular weight excluding hydrogens is 240 g/mol. The molecule has 1 aliphatic heterocycles. The predicted octanol–water partition coefficient (Wildman–Crippen LogP) is 3.23. The van der Waals surface area contributed by atoms with Gasteiger partial charge in [0.25, 0.3) is 0 Å². The van der Waals surface area contributed by atoms with Crippen LogP contribution < -0.4 is 0 Å². The van der Waals surface area contributed by atoms with E-state index in [1.54, 1.807) is 12.1 Å². The summed E-state index contributed by atoms with van der Waals surface area (Å²) in [5.74, 6) is -0.478. The van der Waals surface area contributed by atoms with Gasteiger partial charge in [-0.05, 0) is 36.5 Å². The van der Waals surface area contributed by atoms with Crippen LogP contribution in [0.1, 0.15) is 24.4 Å². The second kappa shape index (κ2) is 5.33. The summed E-state index contributed by atoms with van der Waals surface area (Å²) in [6.45, 7) is -0.114. The maximum Gasteiger partial charge on any atom is 0.407 e. The third kappa shape index (κ3) is 2.60. The van der Waals surface area contributed by atoms with Gasteiger partial charge in [-0.15, -0.1) is 0 Å². The SMILES string of the molecule is O=C(O)N1CCC(CF)CC1c1ccc(F)cc1. The Bertz CT molecular complexity index is 422. The number of alkyl halides is 1. The lowest BCUT2D eigenvalue weighted by Crippen LogP contribution is -2.40. The molecular formula is C13H15F2NO2. The summed E-state index contributed by atoms with van der Waals surface area (Å²) in [5.41, 5.74) is 0.719. The molecule has 3 nitrogen and oxygen atoms in total. The first-order valence-electron chi connectivity index (χ1n) is 5.93. The Morgan fingerprint density at radius 3 is 2.61 bits per heavy atom. The zero-order valence-corrected chi connectivity index (χ0v) is 9.85. The molecule has 0 radical (unpaired) electrons. The number of likely N-dealkylation sites (tertiary alicyclic amines) is 1. The van der Waals surface area contributed by atoms with Gasteiger partial charge in [0.1, 0.15) is 5.82 Å². The lowest BCUT2D eigenvalue weighted by atomic mass is 9.88. The van der Waals surface area contributed by atoms with Gasteiger partial charge in [-0.1, -0.05) is 12.1 Å². The maximum absolute atomic E-state index is 12.9. The van der Waals surface area contributed by atoms with E-state index >= 15 is 0 Å². The van der Waals surface area contributed by atoms with Gasteiger partial charge < -0.3 is 10.0 Å². The molecule has 1 N–H and O–H groups in total. The quantitative estimate of drug-likeness (QED) is 0.881. The van der Waals surface area contributed by atoms with Crippen molar-refractivity contribution >= 4 is 6.09 Å². The lowest BCUT2D eigenvalue weighted by Gasteiger charge is -2.37. The molecule has 1 fully saturated rings. The molecule has 1 aromatic carbocycles. The van der Waals surface area contributed by atoms with Gasteiger partial charge in [-0.25, -0.2) is 9.18 Å². The Kier molecular flexibility index (Phi) is 3.79. The Balaban J connectivity index is 2.24. The molecule has 18 heavy (non-hydrogen) atoms. The highest BCUT2D eigenvalue weighted by Gasteiger charge is 2.32. The number of carbonyl (C=O) groups is 1. The third-order valence-corrected chi connectivity index (χ3v) is 3.43. The average molecular weight is 255 g/mol. The van der Waals surface area contributed by atoms with Crippen molar-refractivity contribution in [1.82, 2.24) is 4.90 Å². The molecule has 2 unspecified atom stereocenters. The normalized spacial score (nSPS) is 24.0. The van der Waals surface area contributed by atoms with Crippen LogP contribution in [0.5, 0.6) is 0 Å². The van der Waals surface area contributed by atoms with E-state index in [4.69, 9.17) is 5.11 Å². The van der Waals surface area contributed by atoms with E-state index < -0.39 is 12.8 Å². The molecule has 5 heteroatoms. The summed E-state index contributed by atoms with van der Waals surface area (Å²) >= 11 is 0. The molecule has 2 rings (SSSR count). The summed E-state index contributed by atoms with van der Waals surface area (Å²) in [4.78, 5) is 12.5. The standard InChI is InChI=1S/C13H15F2NO2/c14-8-9-5-6-16(13(17)18)12(7-9)10-1-3-11(15)4-2-10/h1-4,9,12H,5-8H2,(H,17,18). The molecule has 0 saturated carbocycles. The molecule has 0 aliphatic carbocycles. The molecule has 1 aliphatic rings. The Morgan fingerprint density at radius 2 is 2.06 bits per heavy atom. The van der Waals surface area contributed by atoms with Crippen molar-refractivity contribution in [2.75, 3.05) is 13.2 Å².